The summed E-state index contributed by atoms with van der Waals surface area (Å²) in [6.45, 7) is 3.05. The van der Waals surface area contributed by atoms with Crippen molar-refractivity contribution >= 4 is 0 Å². The van der Waals surface area contributed by atoms with Gasteiger partial charge in [0.15, 0.2) is 0 Å². The van der Waals surface area contributed by atoms with E-state index in [1.807, 2.05) is 12.1 Å². The largest absolute Gasteiger partial charge is 0.390 e. The highest BCUT2D eigenvalue weighted by Gasteiger charge is 2.16. The molecule has 0 saturated heterocycles. The predicted octanol–water partition coefficient (Wildman–Crippen LogP) is 2.55. The third-order valence-electron chi connectivity index (χ3n) is 3.97. The Kier molecular flexibility index (Phi) is 6.85. The van der Waals surface area contributed by atoms with Crippen LogP contribution in [-0.2, 0) is 19.4 Å². The van der Waals surface area contributed by atoms with Crippen LogP contribution in [-0.4, -0.2) is 23.8 Å². The van der Waals surface area contributed by atoms with Crippen LogP contribution in [0.5, 0.6) is 0 Å². The van der Waals surface area contributed by atoms with Gasteiger partial charge in [0.1, 0.15) is 11.6 Å². The fourth-order valence-electron chi connectivity index (χ4n) is 2.61. The van der Waals surface area contributed by atoms with E-state index in [4.69, 9.17) is 5.73 Å². The first-order valence-electron chi connectivity index (χ1n) is 8.15. The van der Waals surface area contributed by atoms with Gasteiger partial charge in [-0.2, -0.15) is 0 Å². The lowest BCUT2D eigenvalue weighted by atomic mass is 10.0. The number of aryl methyl sites for hydroxylation is 1. The van der Waals surface area contributed by atoms with Gasteiger partial charge in [0.25, 0.3) is 0 Å². The first kappa shape index (κ1) is 18.5. The molecule has 0 spiro atoms. The maximum atomic E-state index is 13.2. The molecule has 0 radical (unpaired) electrons. The molecule has 0 amide bonds. The maximum Gasteiger partial charge on any atom is 0.126 e. The van der Waals surface area contributed by atoms with Gasteiger partial charge in [-0.3, -0.25) is 0 Å². The van der Waals surface area contributed by atoms with Crippen molar-refractivity contribution in [1.29, 1.82) is 0 Å². The third-order valence-corrected chi connectivity index (χ3v) is 3.97. The highest BCUT2D eigenvalue weighted by Crippen LogP contribution is 2.11. The minimum atomic E-state index is -0.800. The summed E-state index contributed by atoms with van der Waals surface area (Å²) in [5.74, 6) is -1.28. The summed E-state index contributed by atoms with van der Waals surface area (Å²) in [7, 11) is 0. The minimum absolute atomic E-state index is 0.211. The molecule has 0 fully saturated rings. The molecule has 5 heteroatoms. The molecule has 24 heavy (non-hydrogen) atoms. The van der Waals surface area contributed by atoms with Gasteiger partial charge in [0.05, 0.1) is 6.10 Å². The van der Waals surface area contributed by atoms with Crippen LogP contribution < -0.4 is 11.1 Å². The van der Waals surface area contributed by atoms with E-state index in [-0.39, 0.29) is 6.42 Å². The second kappa shape index (κ2) is 8.87. The Morgan fingerprint density at radius 2 is 1.71 bits per heavy atom. The molecule has 0 aromatic heterocycles. The zero-order valence-electron chi connectivity index (χ0n) is 13.8. The Hall–Kier alpha value is -1.82. The Bertz CT molecular complexity index is 643. The quantitative estimate of drug-likeness (QED) is 0.695. The Labute approximate surface area is 141 Å². The summed E-state index contributed by atoms with van der Waals surface area (Å²) >= 11 is 0. The van der Waals surface area contributed by atoms with E-state index < -0.39 is 23.8 Å². The number of rotatable bonds is 8. The van der Waals surface area contributed by atoms with Crippen LogP contribution >= 0.6 is 0 Å². The predicted molar refractivity (Wildman–Crippen MR) is 91.6 cm³/mol. The molecule has 2 aromatic rings. The Morgan fingerprint density at radius 1 is 1.04 bits per heavy atom. The van der Waals surface area contributed by atoms with Gasteiger partial charge >= 0.3 is 0 Å². The normalized spacial score (nSPS) is 13.7. The Morgan fingerprint density at radius 3 is 2.38 bits per heavy atom. The molecule has 130 valence electrons. The number of hydrogen-bond acceptors (Lipinski definition) is 3. The molecular weight excluding hydrogens is 310 g/mol. The molecule has 0 aliphatic carbocycles. The van der Waals surface area contributed by atoms with Crippen molar-refractivity contribution in [3.63, 3.8) is 0 Å². The van der Waals surface area contributed by atoms with E-state index in [0.717, 1.165) is 18.1 Å². The van der Waals surface area contributed by atoms with E-state index in [1.54, 1.807) is 0 Å². The van der Waals surface area contributed by atoms with Crippen LogP contribution in [0, 0.1) is 11.6 Å². The first-order valence-corrected chi connectivity index (χ1v) is 8.15. The van der Waals surface area contributed by atoms with E-state index in [1.165, 1.54) is 17.7 Å². The average molecular weight is 334 g/mol. The smallest absolute Gasteiger partial charge is 0.126 e. The van der Waals surface area contributed by atoms with Crippen molar-refractivity contribution in [2.24, 2.45) is 5.73 Å². The molecule has 4 N–H and O–H groups in total. The summed E-state index contributed by atoms with van der Waals surface area (Å²) < 4.78 is 26.4. The summed E-state index contributed by atoms with van der Waals surface area (Å²) in [4.78, 5) is 0. The second-order valence-electron chi connectivity index (χ2n) is 6.02. The average Bonchev–Trinajstić information content (AvgIpc) is 2.54. The lowest BCUT2D eigenvalue weighted by molar-refractivity contribution is 0.141. The molecule has 2 atom stereocenters. The topological polar surface area (TPSA) is 58.3 Å². The summed E-state index contributed by atoms with van der Waals surface area (Å²) in [6, 6.07) is 10.9. The summed E-state index contributed by atoms with van der Waals surface area (Å²) in [5, 5.41) is 13.3. The van der Waals surface area contributed by atoms with Gasteiger partial charge in [0, 0.05) is 25.2 Å². The molecule has 3 nitrogen and oxygen atoms in total. The van der Waals surface area contributed by atoms with E-state index in [9.17, 15) is 13.9 Å². The van der Waals surface area contributed by atoms with Crippen LogP contribution in [0.4, 0.5) is 8.78 Å². The van der Waals surface area contributed by atoms with E-state index in [0.29, 0.717) is 18.7 Å². The van der Waals surface area contributed by atoms with Gasteiger partial charge in [-0.15, -0.1) is 0 Å². The fourth-order valence-corrected chi connectivity index (χ4v) is 2.61. The van der Waals surface area contributed by atoms with E-state index >= 15 is 0 Å². The zero-order valence-corrected chi connectivity index (χ0v) is 13.8. The van der Waals surface area contributed by atoms with Gasteiger partial charge in [-0.1, -0.05) is 31.2 Å². The molecule has 0 saturated carbocycles. The number of aliphatic hydroxyl groups is 1. The van der Waals surface area contributed by atoms with Gasteiger partial charge in [0.2, 0.25) is 0 Å². The summed E-state index contributed by atoms with van der Waals surface area (Å²) in [5.41, 5.74) is 8.78. The highest BCUT2D eigenvalue weighted by atomic mass is 19.1. The molecular formula is C19H24F2N2O. The number of benzene rings is 2. The van der Waals surface area contributed by atoms with Gasteiger partial charge in [-0.25, -0.2) is 8.78 Å². The minimum Gasteiger partial charge on any atom is -0.390 e. The third kappa shape index (κ3) is 5.67. The monoisotopic (exact) mass is 334 g/mol. The van der Waals surface area contributed by atoms with E-state index in [2.05, 4.69) is 24.4 Å². The van der Waals surface area contributed by atoms with Crippen LogP contribution in [0.15, 0.2) is 42.5 Å². The van der Waals surface area contributed by atoms with Crippen LogP contribution in [0.2, 0.25) is 0 Å². The van der Waals surface area contributed by atoms with Crippen LogP contribution in [0.25, 0.3) is 0 Å². The van der Waals surface area contributed by atoms with Crippen molar-refractivity contribution in [3.05, 3.63) is 70.8 Å². The highest BCUT2D eigenvalue weighted by molar-refractivity contribution is 5.23. The standard InChI is InChI=1S/C19H24F2N2O/c1-2-13-4-3-5-14(6-13)11-23-12-19(24)18(22)9-15-7-16(20)10-17(21)8-15/h3-8,10,18-19,23-24H,2,9,11-12,22H2,1H3/t18?,19-/m1/s1. The van der Waals surface area contributed by atoms with Gasteiger partial charge < -0.3 is 16.2 Å². The maximum absolute atomic E-state index is 13.2. The number of nitrogens with two attached hydrogens (primary N) is 1. The SMILES string of the molecule is CCc1cccc(CNC[C@@H](O)C(N)Cc2cc(F)cc(F)c2)c1. The van der Waals surface area contributed by atoms with Crippen molar-refractivity contribution in [1.82, 2.24) is 5.32 Å². The Balaban J connectivity index is 1.81. The zero-order chi connectivity index (χ0) is 17.5. The lowest BCUT2D eigenvalue weighted by Crippen LogP contribution is -2.43. The molecule has 0 bridgehead atoms. The number of hydrogen-bond donors (Lipinski definition) is 3. The molecule has 0 aliphatic heterocycles. The number of nitrogens with one attached hydrogen (secondary N) is 1. The van der Waals surface area contributed by atoms with Gasteiger partial charge in [-0.05, 0) is 41.7 Å². The molecule has 0 heterocycles. The first-order chi connectivity index (χ1) is 11.5. The fraction of sp³-hybridized carbons (Fsp3) is 0.368. The molecule has 2 rings (SSSR count). The molecule has 2 aromatic carbocycles. The van der Waals surface area contributed by atoms with Crippen molar-refractivity contribution in [2.75, 3.05) is 6.54 Å². The number of aliphatic hydroxyl groups excluding tert-OH is 1. The molecule has 1 unspecified atom stereocenters. The lowest BCUT2D eigenvalue weighted by Gasteiger charge is -2.19. The van der Waals surface area contributed by atoms with Crippen molar-refractivity contribution < 1.29 is 13.9 Å². The van der Waals surface area contributed by atoms with Crippen molar-refractivity contribution in [2.45, 2.75) is 38.5 Å². The van der Waals surface area contributed by atoms with Crippen LogP contribution in [0.1, 0.15) is 23.6 Å². The second-order valence-corrected chi connectivity index (χ2v) is 6.02. The van der Waals surface area contributed by atoms with Crippen molar-refractivity contribution in [3.8, 4) is 0 Å². The summed E-state index contributed by atoms with van der Waals surface area (Å²) in [6.07, 6.45) is 0.389. The number of halogens is 2. The molecule has 0 aliphatic rings. The van der Waals surface area contributed by atoms with Crippen LogP contribution in [0.3, 0.4) is 0 Å².